The summed E-state index contributed by atoms with van der Waals surface area (Å²) in [5, 5.41) is 16.6. The van der Waals surface area contributed by atoms with Crippen LogP contribution in [0.4, 0.5) is 4.79 Å². The molecule has 0 spiro atoms. The van der Waals surface area contributed by atoms with Gasteiger partial charge in [-0.1, -0.05) is 30.3 Å². The van der Waals surface area contributed by atoms with Gasteiger partial charge in [0.05, 0.1) is 18.1 Å². The van der Waals surface area contributed by atoms with Gasteiger partial charge in [0.1, 0.15) is 5.54 Å². The van der Waals surface area contributed by atoms with E-state index in [1.54, 1.807) is 19.1 Å². The maximum atomic E-state index is 12.4. The molecule has 7 nitrogen and oxygen atoms in total. The number of imide groups is 1. The van der Waals surface area contributed by atoms with Crippen LogP contribution in [0.3, 0.4) is 0 Å². The van der Waals surface area contributed by atoms with E-state index in [0.717, 1.165) is 17.5 Å². The highest BCUT2D eigenvalue weighted by molar-refractivity contribution is 6.08. The van der Waals surface area contributed by atoms with Crippen LogP contribution in [0.15, 0.2) is 42.5 Å². The molecule has 29 heavy (non-hydrogen) atoms. The molecule has 0 aromatic heterocycles. The lowest BCUT2D eigenvalue weighted by Crippen LogP contribution is -2.49. The summed E-state index contributed by atoms with van der Waals surface area (Å²) in [7, 11) is 0. The SMILES string of the molecule is CC1(CC(=O)NC2Cc3ccc(-c4ccc(C#N)cc4)cc3C2)NC(=O)NC1=O. The van der Waals surface area contributed by atoms with Crippen molar-refractivity contribution in [1.29, 1.82) is 5.26 Å². The molecule has 2 aromatic carbocycles. The van der Waals surface area contributed by atoms with Gasteiger partial charge in [0, 0.05) is 6.04 Å². The van der Waals surface area contributed by atoms with Gasteiger partial charge < -0.3 is 10.6 Å². The molecule has 7 heteroatoms. The maximum Gasteiger partial charge on any atom is 0.322 e. The fourth-order valence-electron chi connectivity index (χ4n) is 3.94. The highest BCUT2D eigenvalue weighted by Gasteiger charge is 2.43. The number of amides is 4. The molecule has 2 aliphatic rings. The first-order chi connectivity index (χ1) is 13.9. The van der Waals surface area contributed by atoms with E-state index in [9.17, 15) is 14.4 Å². The number of benzene rings is 2. The number of nitriles is 1. The lowest BCUT2D eigenvalue weighted by molar-refractivity contribution is -0.129. The Hall–Kier alpha value is -3.66. The van der Waals surface area contributed by atoms with Crippen LogP contribution >= 0.6 is 0 Å². The molecule has 1 aliphatic heterocycles. The van der Waals surface area contributed by atoms with E-state index in [1.165, 1.54) is 11.1 Å². The molecular weight excluding hydrogens is 368 g/mol. The smallest absolute Gasteiger partial charge is 0.322 e. The normalized spacial score (nSPS) is 22.4. The van der Waals surface area contributed by atoms with Gasteiger partial charge in [-0.05, 0) is 54.2 Å². The molecule has 4 amide bonds. The molecule has 3 N–H and O–H groups in total. The van der Waals surface area contributed by atoms with Crippen LogP contribution in [0.5, 0.6) is 0 Å². The summed E-state index contributed by atoms with van der Waals surface area (Å²) < 4.78 is 0. The average molecular weight is 388 g/mol. The first-order valence-corrected chi connectivity index (χ1v) is 9.41. The maximum absolute atomic E-state index is 12.4. The second kappa shape index (κ2) is 7.06. The fourth-order valence-corrected chi connectivity index (χ4v) is 3.94. The van der Waals surface area contributed by atoms with E-state index in [1.807, 2.05) is 18.2 Å². The van der Waals surface area contributed by atoms with E-state index >= 15 is 0 Å². The summed E-state index contributed by atoms with van der Waals surface area (Å²) in [6, 6.07) is 15.2. The van der Waals surface area contributed by atoms with Crippen molar-refractivity contribution >= 4 is 17.8 Å². The predicted octanol–water partition coefficient (Wildman–Crippen LogP) is 1.80. The summed E-state index contributed by atoms with van der Waals surface area (Å²) in [6.45, 7) is 1.54. The van der Waals surface area contributed by atoms with Gasteiger partial charge in [-0.2, -0.15) is 5.26 Å². The van der Waals surface area contributed by atoms with Crippen molar-refractivity contribution in [3.63, 3.8) is 0 Å². The summed E-state index contributed by atoms with van der Waals surface area (Å²) in [6.07, 6.45) is 1.33. The molecule has 4 rings (SSSR count). The second-order valence-electron chi connectivity index (χ2n) is 7.76. The Morgan fingerprint density at radius 1 is 1.14 bits per heavy atom. The minimum absolute atomic E-state index is 0.0440. The van der Waals surface area contributed by atoms with E-state index < -0.39 is 17.5 Å². The van der Waals surface area contributed by atoms with Gasteiger partial charge >= 0.3 is 6.03 Å². The summed E-state index contributed by atoms with van der Waals surface area (Å²) >= 11 is 0. The van der Waals surface area contributed by atoms with Gasteiger partial charge in [-0.15, -0.1) is 0 Å². The third-order valence-electron chi connectivity index (χ3n) is 5.48. The number of carbonyl (C=O) groups is 3. The minimum atomic E-state index is -1.21. The molecule has 1 saturated heterocycles. The number of nitrogens with zero attached hydrogens (tertiary/aromatic N) is 1. The Morgan fingerprint density at radius 3 is 2.48 bits per heavy atom. The topological polar surface area (TPSA) is 111 Å². The predicted molar refractivity (Wildman–Crippen MR) is 106 cm³/mol. The average Bonchev–Trinajstić information content (AvgIpc) is 3.19. The first kappa shape index (κ1) is 18.7. The van der Waals surface area contributed by atoms with E-state index in [0.29, 0.717) is 12.0 Å². The largest absolute Gasteiger partial charge is 0.353 e. The van der Waals surface area contributed by atoms with Crippen molar-refractivity contribution < 1.29 is 14.4 Å². The molecule has 1 aliphatic carbocycles. The fraction of sp³-hybridized carbons (Fsp3) is 0.273. The van der Waals surface area contributed by atoms with Gasteiger partial charge in [0.15, 0.2) is 0 Å². The van der Waals surface area contributed by atoms with Gasteiger partial charge in [0.2, 0.25) is 5.91 Å². The van der Waals surface area contributed by atoms with Crippen molar-refractivity contribution in [2.45, 2.75) is 37.8 Å². The van der Waals surface area contributed by atoms with Crippen LogP contribution in [-0.2, 0) is 22.4 Å². The van der Waals surface area contributed by atoms with Gasteiger partial charge in [0.25, 0.3) is 5.91 Å². The zero-order chi connectivity index (χ0) is 20.6. The zero-order valence-corrected chi connectivity index (χ0v) is 15.9. The molecule has 0 bridgehead atoms. The van der Waals surface area contributed by atoms with Crippen molar-refractivity contribution in [1.82, 2.24) is 16.0 Å². The molecule has 1 heterocycles. The number of carbonyl (C=O) groups excluding carboxylic acids is 3. The van der Waals surface area contributed by atoms with Crippen molar-refractivity contribution in [2.24, 2.45) is 0 Å². The molecule has 146 valence electrons. The van der Waals surface area contributed by atoms with Crippen molar-refractivity contribution in [3.8, 4) is 17.2 Å². The Bertz CT molecular complexity index is 1050. The lowest BCUT2D eigenvalue weighted by atomic mass is 9.97. The van der Waals surface area contributed by atoms with Crippen LogP contribution in [0.2, 0.25) is 0 Å². The monoisotopic (exact) mass is 388 g/mol. The first-order valence-electron chi connectivity index (χ1n) is 9.41. The van der Waals surface area contributed by atoms with Gasteiger partial charge in [-0.25, -0.2) is 4.79 Å². The Balaban J connectivity index is 1.41. The molecular formula is C22H20N4O3. The molecule has 0 radical (unpaired) electrons. The summed E-state index contributed by atoms with van der Waals surface area (Å²) in [5.74, 6) is -0.755. The highest BCUT2D eigenvalue weighted by atomic mass is 16.2. The van der Waals surface area contributed by atoms with Crippen molar-refractivity contribution in [3.05, 3.63) is 59.2 Å². The number of fused-ring (bicyclic) bond motifs is 1. The second-order valence-corrected chi connectivity index (χ2v) is 7.76. The molecule has 2 unspecified atom stereocenters. The van der Waals surface area contributed by atoms with E-state index in [2.05, 4.69) is 34.2 Å². The molecule has 2 atom stereocenters. The van der Waals surface area contributed by atoms with Crippen LogP contribution in [0.25, 0.3) is 11.1 Å². The Labute approximate surface area is 168 Å². The van der Waals surface area contributed by atoms with E-state index in [4.69, 9.17) is 5.26 Å². The summed E-state index contributed by atoms with van der Waals surface area (Å²) in [4.78, 5) is 35.7. The van der Waals surface area contributed by atoms with Crippen molar-refractivity contribution in [2.75, 3.05) is 0 Å². The summed E-state index contributed by atoms with van der Waals surface area (Å²) in [5.41, 5.74) is 3.88. The van der Waals surface area contributed by atoms with Crippen LogP contribution in [-0.4, -0.2) is 29.4 Å². The number of rotatable bonds is 4. The Morgan fingerprint density at radius 2 is 1.83 bits per heavy atom. The van der Waals surface area contributed by atoms with E-state index in [-0.39, 0.29) is 18.4 Å². The number of hydrogen-bond donors (Lipinski definition) is 3. The van der Waals surface area contributed by atoms with Gasteiger partial charge in [-0.3, -0.25) is 14.9 Å². The highest BCUT2D eigenvalue weighted by Crippen LogP contribution is 2.29. The minimum Gasteiger partial charge on any atom is -0.353 e. The molecule has 2 aromatic rings. The zero-order valence-electron chi connectivity index (χ0n) is 15.9. The number of nitrogens with one attached hydrogen (secondary N) is 3. The lowest BCUT2D eigenvalue weighted by Gasteiger charge is -2.21. The van der Waals surface area contributed by atoms with Crippen LogP contribution in [0, 0.1) is 11.3 Å². The van der Waals surface area contributed by atoms with Crippen LogP contribution in [0.1, 0.15) is 30.0 Å². The quantitative estimate of drug-likeness (QED) is 0.694. The van der Waals surface area contributed by atoms with Crippen LogP contribution < -0.4 is 16.0 Å². The molecule has 1 fully saturated rings. The standard InChI is InChI=1S/C22H20N4O3/c1-22(20(28)25-21(29)26-22)11-19(27)24-18-9-16-7-6-15(8-17(16)10-18)14-4-2-13(12-23)3-5-14/h2-8,18H,9-11H2,1H3,(H,24,27)(H2,25,26,28,29). The molecule has 0 saturated carbocycles. The number of urea groups is 1. The number of hydrogen-bond acceptors (Lipinski definition) is 4. The Kier molecular flexibility index (Phi) is 4.55. The third-order valence-corrected chi connectivity index (χ3v) is 5.48. The third kappa shape index (κ3) is 3.69.